The van der Waals surface area contributed by atoms with Gasteiger partial charge in [0.05, 0.1) is 0 Å². The van der Waals surface area contributed by atoms with Gasteiger partial charge in [0.15, 0.2) is 0 Å². The molecule has 3 saturated carbocycles. The molecular weight excluding hydrogens is 320 g/mol. The molecule has 0 aromatic carbocycles. The van der Waals surface area contributed by atoms with E-state index < -0.39 is 0 Å². The molecule has 26 heavy (non-hydrogen) atoms. The van der Waals surface area contributed by atoms with Crippen molar-refractivity contribution >= 4 is 5.97 Å². The lowest BCUT2D eigenvalue weighted by Gasteiger charge is -2.41. The Labute approximate surface area is 162 Å². The lowest BCUT2D eigenvalue weighted by molar-refractivity contribution is -0.157. The molecule has 0 aromatic rings. The minimum absolute atomic E-state index is 0.0747. The first-order valence-corrected chi connectivity index (χ1v) is 12.0. The van der Waals surface area contributed by atoms with Gasteiger partial charge in [-0.2, -0.15) is 0 Å². The van der Waals surface area contributed by atoms with Crippen LogP contribution in [-0.4, -0.2) is 12.1 Å². The fourth-order valence-electron chi connectivity index (χ4n) is 4.98. The van der Waals surface area contributed by atoms with E-state index >= 15 is 0 Å². The highest BCUT2D eigenvalue weighted by Gasteiger charge is 2.37. The summed E-state index contributed by atoms with van der Waals surface area (Å²) in [4.78, 5) is 12.1. The van der Waals surface area contributed by atoms with Gasteiger partial charge >= 0.3 is 5.97 Å². The molecule has 3 aliphatic rings. The van der Waals surface area contributed by atoms with Crippen LogP contribution in [0.4, 0.5) is 0 Å². The van der Waals surface area contributed by atoms with Crippen LogP contribution in [-0.2, 0) is 9.53 Å². The molecule has 3 aliphatic carbocycles. The first-order chi connectivity index (χ1) is 12.8. The van der Waals surface area contributed by atoms with Crippen molar-refractivity contribution in [3.05, 3.63) is 0 Å². The van der Waals surface area contributed by atoms with E-state index in [9.17, 15) is 4.79 Å². The first-order valence-electron chi connectivity index (χ1n) is 12.0. The van der Waals surface area contributed by atoms with Crippen molar-refractivity contribution in [1.82, 2.24) is 0 Å². The molecule has 152 valence electrons. The predicted octanol–water partition coefficient (Wildman–Crippen LogP) is 7.59. The zero-order valence-electron chi connectivity index (χ0n) is 17.5. The van der Waals surface area contributed by atoms with Crippen molar-refractivity contribution in [3.63, 3.8) is 0 Å². The van der Waals surface area contributed by atoms with Gasteiger partial charge in [0.25, 0.3) is 0 Å². The molecule has 0 radical (unpaired) electrons. The maximum absolute atomic E-state index is 12.1. The SMILES string of the molecule is CCCCCCCCCCCCCCCC(=O)OC1CC2CCC1CC2. The standard InChI is InChI=1S/C24H44O2/c1-2-3-4-5-6-7-8-9-10-11-12-13-14-15-24(25)26-23-20-21-16-18-22(23)19-17-21/h21-23H,2-20H2,1H3. The third-order valence-electron chi connectivity index (χ3n) is 6.75. The van der Waals surface area contributed by atoms with E-state index in [0.29, 0.717) is 12.3 Å². The average Bonchev–Trinajstić information content (AvgIpc) is 2.66. The molecule has 0 aliphatic heterocycles. The highest BCUT2D eigenvalue weighted by atomic mass is 16.5. The molecule has 0 N–H and O–H groups in total. The van der Waals surface area contributed by atoms with E-state index in [-0.39, 0.29) is 12.1 Å². The van der Waals surface area contributed by atoms with E-state index in [1.807, 2.05) is 0 Å². The lowest BCUT2D eigenvalue weighted by atomic mass is 9.69. The van der Waals surface area contributed by atoms with Gasteiger partial charge in [-0.15, -0.1) is 0 Å². The fourth-order valence-corrected chi connectivity index (χ4v) is 4.98. The van der Waals surface area contributed by atoms with Crippen LogP contribution < -0.4 is 0 Å². The zero-order chi connectivity index (χ0) is 18.5. The molecule has 0 saturated heterocycles. The summed E-state index contributed by atoms with van der Waals surface area (Å²) in [6.07, 6.45) is 24.9. The van der Waals surface area contributed by atoms with Gasteiger partial charge in [0.2, 0.25) is 0 Å². The van der Waals surface area contributed by atoms with E-state index in [4.69, 9.17) is 4.74 Å². The fraction of sp³-hybridized carbons (Fsp3) is 0.958. The Balaban J connectivity index is 1.33. The Bertz CT molecular complexity index is 357. The highest BCUT2D eigenvalue weighted by molar-refractivity contribution is 5.69. The van der Waals surface area contributed by atoms with E-state index in [2.05, 4.69) is 6.92 Å². The minimum atomic E-state index is 0.0747. The average molecular weight is 365 g/mol. The monoisotopic (exact) mass is 364 g/mol. The van der Waals surface area contributed by atoms with Crippen LogP contribution in [0.2, 0.25) is 0 Å². The van der Waals surface area contributed by atoms with Crippen LogP contribution in [0.25, 0.3) is 0 Å². The van der Waals surface area contributed by atoms with Crippen LogP contribution in [0, 0.1) is 11.8 Å². The summed E-state index contributed by atoms with van der Waals surface area (Å²) in [6, 6.07) is 0. The number of carbonyl (C=O) groups is 1. The molecule has 3 rings (SSSR count). The number of carbonyl (C=O) groups excluding carboxylic acids is 1. The smallest absolute Gasteiger partial charge is 0.306 e. The summed E-state index contributed by atoms with van der Waals surface area (Å²) in [5.74, 6) is 1.59. The number of rotatable bonds is 15. The summed E-state index contributed by atoms with van der Waals surface area (Å²) in [6.45, 7) is 2.28. The first kappa shape index (κ1) is 21.8. The lowest BCUT2D eigenvalue weighted by Crippen LogP contribution is -2.38. The topological polar surface area (TPSA) is 26.3 Å². The number of hydrogen-bond acceptors (Lipinski definition) is 2. The maximum atomic E-state index is 12.1. The Morgan fingerprint density at radius 3 is 1.69 bits per heavy atom. The molecule has 3 fully saturated rings. The largest absolute Gasteiger partial charge is 0.462 e. The van der Waals surface area contributed by atoms with Crippen LogP contribution >= 0.6 is 0 Å². The van der Waals surface area contributed by atoms with Gasteiger partial charge in [-0.3, -0.25) is 4.79 Å². The molecule has 1 atom stereocenters. The van der Waals surface area contributed by atoms with Gasteiger partial charge in [-0.25, -0.2) is 0 Å². The van der Waals surface area contributed by atoms with Crippen LogP contribution in [0.1, 0.15) is 129 Å². The normalized spacial score (nSPS) is 24.7. The summed E-state index contributed by atoms with van der Waals surface area (Å²) in [5, 5.41) is 0. The molecule has 0 spiro atoms. The number of hydrogen-bond donors (Lipinski definition) is 0. The van der Waals surface area contributed by atoms with E-state index in [1.54, 1.807) is 0 Å². The summed E-state index contributed by atoms with van der Waals surface area (Å²) in [5.41, 5.74) is 0. The molecule has 2 bridgehead atoms. The Hall–Kier alpha value is -0.530. The second kappa shape index (κ2) is 13.6. The second-order valence-corrected chi connectivity index (χ2v) is 9.04. The van der Waals surface area contributed by atoms with Crippen LogP contribution in [0.5, 0.6) is 0 Å². The van der Waals surface area contributed by atoms with E-state index in [1.165, 1.54) is 103 Å². The molecule has 0 amide bonds. The van der Waals surface area contributed by atoms with Crippen molar-refractivity contribution < 1.29 is 9.53 Å². The zero-order valence-corrected chi connectivity index (χ0v) is 17.5. The quantitative estimate of drug-likeness (QED) is 0.221. The minimum Gasteiger partial charge on any atom is -0.462 e. The molecule has 0 heterocycles. The second-order valence-electron chi connectivity index (χ2n) is 9.04. The maximum Gasteiger partial charge on any atom is 0.306 e. The molecule has 1 unspecified atom stereocenters. The number of unbranched alkanes of at least 4 members (excludes halogenated alkanes) is 12. The highest BCUT2D eigenvalue weighted by Crippen LogP contribution is 2.42. The van der Waals surface area contributed by atoms with Crippen molar-refractivity contribution in [1.29, 1.82) is 0 Å². The van der Waals surface area contributed by atoms with Crippen LogP contribution in [0.3, 0.4) is 0 Å². The van der Waals surface area contributed by atoms with Crippen molar-refractivity contribution in [3.8, 4) is 0 Å². The number of esters is 1. The molecule has 2 nitrogen and oxygen atoms in total. The Morgan fingerprint density at radius 2 is 1.23 bits per heavy atom. The van der Waals surface area contributed by atoms with E-state index in [0.717, 1.165) is 18.8 Å². The Morgan fingerprint density at radius 1 is 0.731 bits per heavy atom. The van der Waals surface area contributed by atoms with Gasteiger partial charge in [-0.1, -0.05) is 84.0 Å². The predicted molar refractivity (Wildman–Crippen MR) is 110 cm³/mol. The van der Waals surface area contributed by atoms with Gasteiger partial charge in [0, 0.05) is 6.42 Å². The summed E-state index contributed by atoms with van der Waals surface area (Å²) in [7, 11) is 0. The third kappa shape index (κ3) is 8.91. The molecule has 0 aromatic heterocycles. The van der Waals surface area contributed by atoms with Crippen molar-refractivity contribution in [2.75, 3.05) is 0 Å². The third-order valence-corrected chi connectivity index (χ3v) is 6.75. The van der Waals surface area contributed by atoms with Gasteiger partial charge < -0.3 is 4.74 Å². The Kier molecular flexibility index (Phi) is 11.4. The molecule has 2 heteroatoms. The number of ether oxygens (including phenoxy) is 1. The van der Waals surface area contributed by atoms with Crippen molar-refractivity contribution in [2.45, 2.75) is 135 Å². The summed E-state index contributed by atoms with van der Waals surface area (Å²) >= 11 is 0. The molecular formula is C24H44O2. The van der Waals surface area contributed by atoms with Gasteiger partial charge in [-0.05, 0) is 50.4 Å². The van der Waals surface area contributed by atoms with Crippen LogP contribution in [0.15, 0.2) is 0 Å². The number of fused-ring (bicyclic) bond motifs is 3. The van der Waals surface area contributed by atoms with Crippen molar-refractivity contribution in [2.24, 2.45) is 11.8 Å². The summed E-state index contributed by atoms with van der Waals surface area (Å²) < 4.78 is 5.79. The van der Waals surface area contributed by atoms with Gasteiger partial charge in [0.1, 0.15) is 6.10 Å².